The zero-order valence-electron chi connectivity index (χ0n) is 26.4. The maximum absolute atomic E-state index is 13.5. The number of carbonyl (C=O) groups is 2. The Hall–Kier alpha value is -2.35. The number of nitrogens with zero attached hydrogens (tertiary/aromatic N) is 1. The molecule has 6 nitrogen and oxygen atoms in total. The predicted molar refractivity (Wildman–Crippen MR) is 175 cm³/mol. The first-order valence-corrected chi connectivity index (χ1v) is 17.1. The van der Waals surface area contributed by atoms with Gasteiger partial charge in [0.25, 0.3) is 5.91 Å². The average Bonchev–Trinajstić information content (AvgIpc) is 2.97. The van der Waals surface area contributed by atoms with Crippen LogP contribution in [0.2, 0.25) is 0 Å². The third kappa shape index (κ3) is 10.7. The van der Waals surface area contributed by atoms with Gasteiger partial charge in [-0.25, -0.2) is 4.79 Å². The summed E-state index contributed by atoms with van der Waals surface area (Å²) in [5.74, 6) is 0.687. The molecule has 1 amide bonds. The van der Waals surface area contributed by atoms with Crippen LogP contribution in [0.25, 0.3) is 11.1 Å². The van der Waals surface area contributed by atoms with Gasteiger partial charge in [0.15, 0.2) is 0 Å². The fourth-order valence-electron chi connectivity index (χ4n) is 5.85. The average molecular weight is 597 g/mol. The highest BCUT2D eigenvalue weighted by Crippen LogP contribution is 2.31. The SMILES string of the molecule is CSCC[C@H](NC(=O)c1ccc(CN(C)C(COCCC(C)C)CC2CCCCC2)cc1-c1ccccc1C)C(=O)O. The number of carbonyl (C=O) groups excluding carboxylic acids is 1. The second-order valence-electron chi connectivity index (χ2n) is 12.4. The van der Waals surface area contributed by atoms with Crippen molar-refractivity contribution >= 4 is 23.6 Å². The number of benzene rings is 2. The summed E-state index contributed by atoms with van der Waals surface area (Å²) in [6, 6.07) is 13.5. The van der Waals surface area contributed by atoms with E-state index >= 15 is 0 Å². The van der Waals surface area contributed by atoms with Gasteiger partial charge in [0, 0.05) is 24.8 Å². The van der Waals surface area contributed by atoms with E-state index in [1.165, 1.54) is 32.1 Å². The molecular weight excluding hydrogens is 544 g/mol. The van der Waals surface area contributed by atoms with Crippen LogP contribution in [-0.2, 0) is 16.1 Å². The lowest BCUT2D eigenvalue weighted by Crippen LogP contribution is -2.41. The zero-order valence-corrected chi connectivity index (χ0v) is 27.2. The molecule has 0 aromatic heterocycles. The first kappa shape index (κ1) is 34.1. The Morgan fingerprint density at radius 3 is 2.48 bits per heavy atom. The number of likely N-dealkylation sites (N-methyl/N-ethyl adjacent to an activating group) is 1. The van der Waals surface area contributed by atoms with Crippen molar-refractivity contribution in [2.45, 2.75) is 90.8 Å². The standard InChI is InChI=1S/C35H52N2O4S/c1-25(2)17-19-41-24-29(21-27-12-7-6-8-13-27)37(4)23-28-15-16-31(32(22-28)30-14-10-9-11-26(30)3)34(38)36-33(35(39)40)18-20-42-5/h9-11,14-16,22,25,27,29,33H,6-8,12-13,17-21,23-24H2,1-5H3,(H,36,38)(H,39,40)/t29?,33-/m0/s1. The molecule has 0 spiro atoms. The van der Waals surface area contributed by atoms with E-state index in [0.29, 0.717) is 29.7 Å². The van der Waals surface area contributed by atoms with Crippen molar-refractivity contribution in [2.24, 2.45) is 11.8 Å². The Morgan fingerprint density at radius 1 is 1.07 bits per heavy atom. The molecule has 2 N–H and O–H groups in total. The van der Waals surface area contributed by atoms with Crippen LogP contribution in [0.15, 0.2) is 42.5 Å². The quantitative estimate of drug-likeness (QED) is 0.185. The zero-order chi connectivity index (χ0) is 30.5. The Morgan fingerprint density at radius 2 is 1.81 bits per heavy atom. The van der Waals surface area contributed by atoms with Gasteiger partial charge < -0.3 is 15.2 Å². The summed E-state index contributed by atoms with van der Waals surface area (Å²) in [7, 11) is 2.19. The van der Waals surface area contributed by atoms with E-state index in [2.05, 4.69) is 37.2 Å². The second-order valence-corrected chi connectivity index (χ2v) is 13.4. The lowest BCUT2D eigenvalue weighted by atomic mass is 9.84. The van der Waals surface area contributed by atoms with Crippen LogP contribution in [-0.4, -0.2) is 66.2 Å². The Labute approximate surface area is 258 Å². The van der Waals surface area contributed by atoms with Crippen molar-refractivity contribution in [1.29, 1.82) is 0 Å². The van der Waals surface area contributed by atoms with Crippen LogP contribution >= 0.6 is 11.8 Å². The summed E-state index contributed by atoms with van der Waals surface area (Å²) in [5, 5.41) is 12.5. The highest BCUT2D eigenvalue weighted by Gasteiger charge is 2.25. The number of aryl methyl sites for hydroxylation is 1. The van der Waals surface area contributed by atoms with E-state index in [1.54, 1.807) is 11.8 Å². The first-order valence-electron chi connectivity index (χ1n) is 15.7. The first-order chi connectivity index (χ1) is 20.2. The van der Waals surface area contributed by atoms with E-state index in [-0.39, 0.29) is 5.91 Å². The molecule has 0 bridgehead atoms. The summed E-state index contributed by atoms with van der Waals surface area (Å²) < 4.78 is 6.21. The number of hydrogen-bond donors (Lipinski definition) is 2. The number of amides is 1. The van der Waals surface area contributed by atoms with E-state index in [9.17, 15) is 14.7 Å². The molecule has 0 aliphatic heterocycles. The van der Waals surface area contributed by atoms with E-state index < -0.39 is 12.0 Å². The molecule has 1 unspecified atom stereocenters. The van der Waals surface area contributed by atoms with Gasteiger partial charge in [-0.3, -0.25) is 9.69 Å². The summed E-state index contributed by atoms with van der Waals surface area (Å²) in [6.07, 6.45) is 11.2. The maximum Gasteiger partial charge on any atom is 0.326 e. The van der Waals surface area contributed by atoms with Gasteiger partial charge in [0.1, 0.15) is 6.04 Å². The third-order valence-corrected chi connectivity index (χ3v) is 9.16. The number of rotatable bonds is 17. The molecule has 0 heterocycles. The number of aliphatic carboxylic acids is 1. The lowest BCUT2D eigenvalue weighted by Gasteiger charge is -2.33. The molecule has 1 saturated carbocycles. The highest BCUT2D eigenvalue weighted by atomic mass is 32.2. The molecule has 7 heteroatoms. The fourth-order valence-corrected chi connectivity index (χ4v) is 6.32. The van der Waals surface area contributed by atoms with Gasteiger partial charge in [-0.2, -0.15) is 11.8 Å². The lowest BCUT2D eigenvalue weighted by molar-refractivity contribution is -0.139. The maximum atomic E-state index is 13.5. The van der Waals surface area contributed by atoms with Crippen molar-refractivity contribution in [3.63, 3.8) is 0 Å². The molecule has 2 aromatic carbocycles. The van der Waals surface area contributed by atoms with Crippen LogP contribution in [0.4, 0.5) is 0 Å². The smallest absolute Gasteiger partial charge is 0.326 e. The molecule has 1 aliphatic rings. The Bertz CT molecular complexity index is 1130. The van der Waals surface area contributed by atoms with Crippen molar-refractivity contribution in [2.75, 3.05) is 32.3 Å². The largest absolute Gasteiger partial charge is 0.480 e. The molecule has 42 heavy (non-hydrogen) atoms. The number of hydrogen-bond acceptors (Lipinski definition) is 5. The second kappa shape index (κ2) is 17.7. The number of carboxylic acids is 1. The number of nitrogens with one attached hydrogen (secondary N) is 1. The van der Waals surface area contributed by atoms with Gasteiger partial charge >= 0.3 is 5.97 Å². The number of ether oxygens (including phenoxy) is 1. The van der Waals surface area contributed by atoms with Crippen LogP contribution in [0.5, 0.6) is 0 Å². The summed E-state index contributed by atoms with van der Waals surface area (Å²) in [5.41, 5.74) is 4.52. The van der Waals surface area contributed by atoms with Crippen molar-refractivity contribution in [3.05, 3.63) is 59.2 Å². The van der Waals surface area contributed by atoms with E-state index in [0.717, 1.165) is 60.8 Å². The Balaban J connectivity index is 1.85. The minimum Gasteiger partial charge on any atom is -0.480 e. The topological polar surface area (TPSA) is 78.9 Å². The number of carboxylic acid groups (broad SMARTS) is 1. The van der Waals surface area contributed by atoms with Crippen molar-refractivity contribution < 1.29 is 19.4 Å². The van der Waals surface area contributed by atoms with Gasteiger partial charge in [0.2, 0.25) is 0 Å². The molecule has 0 radical (unpaired) electrons. The van der Waals surface area contributed by atoms with Crippen molar-refractivity contribution in [1.82, 2.24) is 10.2 Å². The summed E-state index contributed by atoms with van der Waals surface area (Å²) in [4.78, 5) is 27.7. The number of thioether (sulfide) groups is 1. The predicted octanol–water partition coefficient (Wildman–Crippen LogP) is 7.43. The molecule has 0 saturated heterocycles. The highest BCUT2D eigenvalue weighted by molar-refractivity contribution is 7.98. The van der Waals surface area contributed by atoms with Crippen molar-refractivity contribution in [3.8, 4) is 11.1 Å². The normalized spacial score (nSPS) is 15.6. The molecule has 1 aliphatic carbocycles. The minimum absolute atomic E-state index is 0.331. The third-order valence-electron chi connectivity index (χ3n) is 8.51. The minimum atomic E-state index is -1.01. The summed E-state index contributed by atoms with van der Waals surface area (Å²) >= 11 is 1.57. The van der Waals surface area contributed by atoms with E-state index in [1.807, 2.05) is 49.6 Å². The van der Waals surface area contributed by atoms with Gasteiger partial charge in [-0.1, -0.05) is 76.3 Å². The molecule has 232 valence electrons. The van der Waals surface area contributed by atoms with Crippen LogP contribution in [0, 0.1) is 18.8 Å². The van der Waals surface area contributed by atoms with E-state index in [4.69, 9.17) is 4.74 Å². The molecule has 2 atom stereocenters. The van der Waals surface area contributed by atoms with Gasteiger partial charge in [-0.15, -0.1) is 0 Å². The van der Waals surface area contributed by atoms with Crippen LogP contribution in [0.1, 0.15) is 86.7 Å². The Kier molecular flexibility index (Phi) is 14.4. The van der Waals surface area contributed by atoms with Gasteiger partial charge in [-0.05, 0) is 91.5 Å². The van der Waals surface area contributed by atoms with Crippen LogP contribution in [0.3, 0.4) is 0 Å². The monoisotopic (exact) mass is 596 g/mol. The van der Waals surface area contributed by atoms with Gasteiger partial charge in [0.05, 0.1) is 6.61 Å². The molecular formula is C35H52N2O4S. The van der Waals surface area contributed by atoms with Crippen LogP contribution < -0.4 is 5.32 Å². The molecule has 2 aromatic rings. The molecule has 1 fully saturated rings. The summed E-state index contributed by atoms with van der Waals surface area (Å²) in [6.45, 7) is 8.79. The molecule has 3 rings (SSSR count). The fraction of sp³-hybridized carbons (Fsp3) is 0.600.